The summed E-state index contributed by atoms with van der Waals surface area (Å²) in [4.78, 5) is 49.6. The second kappa shape index (κ2) is 9.46. The van der Waals surface area contributed by atoms with Crippen LogP contribution in [0.5, 0.6) is 0 Å². The Labute approximate surface area is 183 Å². The van der Waals surface area contributed by atoms with Crippen molar-refractivity contribution < 1.29 is 14.3 Å². The number of benzene rings is 1. The fraction of sp³-hybridized carbons (Fsp3) is 0.318. The van der Waals surface area contributed by atoms with Crippen LogP contribution in [0, 0.1) is 5.92 Å². The molecule has 2 aromatic heterocycles. The molecule has 32 heavy (non-hydrogen) atoms. The van der Waals surface area contributed by atoms with Gasteiger partial charge in [0.1, 0.15) is 11.4 Å². The Morgan fingerprint density at radius 2 is 1.84 bits per heavy atom. The number of nitrogens with two attached hydrogens (primary N) is 1. The monoisotopic (exact) mass is 439 g/mol. The minimum Gasteiger partial charge on any atom is -0.457 e. The number of nitrogen functional groups attached to an aromatic ring is 1. The molecule has 0 bridgehead atoms. The molecule has 2 heterocycles. The summed E-state index contributed by atoms with van der Waals surface area (Å²) >= 11 is 0. The first kappa shape index (κ1) is 22.7. The average molecular weight is 439 g/mol. The van der Waals surface area contributed by atoms with Gasteiger partial charge in [0.05, 0.1) is 18.3 Å². The molecule has 168 valence electrons. The van der Waals surface area contributed by atoms with Crippen molar-refractivity contribution in [3.63, 3.8) is 0 Å². The Morgan fingerprint density at radius 3 is 2.50 bits per heavy atom. The van der Waals surface area contributed by atoms with Gasteiger partial charge in [0.15, 0.2) is 6.61 Å². The standard InChI is InChI=1S/C22H25N5O5/c1-14(2)11-26-20(23)19(21(30)25(3)22(26)31)17(28)13-32-18(29)9-15-10-24-27(12-15)16-7-5-4-6-8-16/h4-8,10,12,14H,9,11,13,23H2,1-3H3. The number of Topliss-reactive ketones (excluding diaryl/α,β-unsaturated/α-hetero) is 1. The third-order valence-electron chi connectivity index (χ3n) is 4.78. The van der Waals surface area contributed by atoms with Gasteiger partial charge in [0.25, 0.3) is 5.56 Å². The van der Waals surface area contributed by atoms with Gasteiger partial charge >= 0.3 is 11.7 Å². The van der Waals surface area contributed by atoms with Crippen molar-refractivity contribution in [2.75, 3.05) is 12.3 Å². The summed E-state index contributed by atoms with van der Waals surface area (Å²) in [6.45, 7) is 3.33. The molecule has 0 amide bonds. The molecule has 0 saturated heterocycles. The number of ether oxygens (including phenoxy) is 1. The van der Waals surface area contributed by atoms with E-state index >= 15 is 0 Å². The number of nitrogens with zero attached hydrogens (tertiary/aromatic N) is 4. The van der Waals surface area contributed by atoms with E-state index in [0.717, 1.165) is 10.3 Å². The lowest BCUT2D eigenvalue weighted by Gasteiger charge is -2.16. The van der Waals surface area contributed by atoms with Crippen LogP contribution in [0.4, 0.5) is 5.82 Å². The molecule has 0 saturated carbocycles. The summed E-state index contributed by atoms with van der Waals surface area (Å²) in [6.07, 6.45) is 3.13. The van der Waals surface area contributed by atoms with E-state index in [1.165, 1.54) is 17.8 Å². The highest BCUT2D eigenvalue weighted by molar-refractivity contribution is 6.01. The van der Waals surface area contributed by atoms with E-state index in [9.17, 15) is 19.2 Å². The van der Waals surface area contributed by atoms with Gasteiger partial charge in [0, 0.05) is 25.4 Å². The van der Waals surface area contributed by atoms with Gasteiger partial charge in [0.2, 0.25) is 5.78 Å². The number of hydrogen-bond donors (Lipinski definition) is 1. The average Bonchev–Trinajstić information content (AvgIpc) is 3.23. The molecule has 10 nitrogen and oxygen atoms in total. The van der Waals surface area contributed by atoms with Crippen molar-refractivity contribution in [1.82, 2.24) is 18.9 Å². The number of esters is 1. The van der Waals surface area contributed by atoms with Crippen molar-refractivity contribution in [3.8, 4) is 5.69 Å². The first-order chi connectivity index (χ1) is 15.2. The molecule has 10 heteroatoms. The highest BCUT2D eigenvalue weighted by Crippen LogP contribution is 2.11. The van der Waals surface area contributed by atoms with Crippen molar-refractivity contribution in [2.24, 2.45) is 13.0 Å². The molecular weight excluding hydrogens is 414 g/mol. The molecule has 0 fully saturated rings. The number of rotatable bonds is 8. The first-order valence-electron chi connectivity index (χ1n) is 10.1. The highest BCUT2D eigenvalue weighted by Gasteiger charge is 2.23. The lowest BCUT2D eigenvalue weighted by atomic mass is 10.1. The minimum atomic E-state index is -0.822. The molecule has 0 atom stereocenters. The Balaban J connectivity index is 1.70. The SMILES string of the molecule is CC(C)Cn1c(N)c(C(=O)COC(=O)Cc2cnn(-c3ccccc3)c2)c(=O)n(C)c1=O. The molecule has 0 aliphatic carbocycles. The zero-order valence-corrected chi connectivity index (χ0v) is 18.1. The molecule has 0 aliphatic heterocycles. The van der Waals surface area contributed by atoms with Gasteiger partial charge in [-0.25, -0.2) is 9.48 Å². The summed E-state index contributed by atoms with van der Waals surface area (Å²) in [5, 5.41) is 4.21. The van der Waals surface area contributed by atoms with E-state index < -0.39 is 29.6 Å². The number of carbonyl (C=O) groups is 2. The molecule has 1 aromatic carbocycles. The van der Waals surface area contributed by atoms with E-state index in [1.807, 2.05) is 44.2 Å². The van der Waals surface area contributed by atoms with Crippen LogP contribution in [0.3, 0.4) is 0 Å². The second-order valence-corrected chi connectivity index (χ2v) is 7.80. The zero-order chi connectivity index (χ0) is 23.4. The Bertz CT molecular complexity index is 1250. The second-order valence-electron chi connectivity index (χ2n) is 7.80. The van der Waals surface area contributed by atoms with Gasteiger partial charge in [-0.1, -0.05) is 32.0 Å². The van der Waals surface area contributed by atoms with Crippen LogP contribution in [-0.2, 0) is 29.5 Å². The number of anilines is 1. The molecular formula is C22H25N5O5. The predicted octanol–water partition coefficient (Wildman–Crippen LogP) is 0.939. The lowest BCUT2D eigenvalue weighted by Crippen LogP contribution is -2.43. The summed E-state index contributed by atoms with van der Waals surface area (Å²) in [6, 6.07) is 9.37. The molecule has 0 radical (unpaired) electrons. The topological polar surface area (TPSA) is 131 Å². The molecule has 3 rings (SSSR count). The maximum atomic E-state index is 12.6. The molecule has 0 aliphatic rings. The Morgan fingerprint density at radius 1 is 1.16 bits per heavy atom. The normalized spacial score (nSPS) is 11.0. The molecule has 2 N–H and O–H groups in total. The van der Waals surface area contributed by atoms with Crippen LogP contribution >= 0.6 is 0 Å². The van der Waals surface area contributed by atoms with Crippen molar-refractivity contribution in [1.29, 1.82) is 0 Å². The predicted molar refractivity (Wildman–Crippen MR) is 118 cm³/mol. The fourth-order valence-electron chi connectivity index (χ4n) is 3.20. The van der Waals surface area contributed by atoms with Crippen molar-refractivity contribution in [2.45, 2.75) is 26.8 Å². The van der Waals surface area contributed by atoms with Gasteiger partial charge in [-0.05, 0) is 18.1 Å². The summed E-state index contributed by atoms with van der Waals surface area (Å²) < 4.78 is 8.69. The van der Waals surface area contributed by atoms with Crippen molar-refractivity contribution in [3.05, 3.63) is 74.7 Å². The highest BCUT2D eigenvalue weighted by atomic mass is 16.5. The van der Waals surface area contributed by atoms with E-state index in [4.69, 9.17) is 10.5 Å². The van der Waals surface area contributed by atoms with Crippen LogP contribution < -0.4 is 17.0 Å². The van der Waals surface area contributed by atoms with Gasteiger partial charge in [-0.15, -0.1) is 0 Å². The quantitative estimate of drug-likeness (QED) is 0.408. The van der Waals surface area contributed by atoms with E-state index in [0.29, 0.717) is 5.56 Å². The third-order valence-corrected chi connectivity index (χ3v) is 4.78. The fourth-order valence-corrected chi connectivity index (χ4v) is 3.20. The number of aromatic nitrogens is 4. The number of ketones is 1. The maximum Gasteiger partial charge on any atom is 0.332 e. The van der Waals surface area contributed by atoms with E-state index in [1.54, 1.807) is 10.9 Å². The van der Waals surface area contributed by atoms with Crippen LogP contribution in [0.25, 0.3) is 5.69 Å². The number of carbonyl (C=O) groups excluding carboxylic acids is 2. The zero-order valence-electron chi connectivity index (χ0n) is 18.1. The van der Waals surface area contributed by atoms with E-state index in [2.05, 4.69) is 5.10 Å². The molecule has 0 spiro atoms. The molecule has 3 aromatic rings. The summed E-state index contributed by atoms with van der Waals surface area (Å²) in [5.41, 5.74) is 5.62. The number of para-hydroxylation sites is 1. The number of hydrogen-bond acceptors (Lipinski definition) is 7. The summed E-state index contributed by atoms with van der Waals surface area (Å²) in [5.74, 6) is -1.59. The first-order valence-corrected chi connectivity index (χ1v) is 10.1. The minimum absolute atomic E-state index is 0.0603. The van der Waals surface area contributed by atoms with Crippen molar-refractivity contribution >= 4 is 17.6 Å². The van der Waals surface area contributed by atoms with Crippen LogP contribution in [0.15, 0.2) is 52.3 Å². The lowest BCUT2D eigenvalue weighted by molar-refractivity contribution is -0.141. The summed E-state index contributed by atoms with van der Waals surface area (Å²) in [7, 11) is 1.27. The largest absolute Gasteiger partial charge is 0.457 e. The van der Waals surface area contributed by atoms with Gasteiger partial charge in [-0.3, -0.25) is 23.5 Å². The van der Waals surface area contributed by atoms with E-state index in [-0.39, 0.29) is 30.3 Å². The smallest absolute Gasteiger partial charge is 0.332 e. The molecule has 0 unspecified atom stereocenters. The Hall–Kier alpha value is -3.95. The third kappa shape index (κ3) is 4.85. The van der Waals surface area contributed by atoms with Crippen LogP contribution in [-0.4, -0.2) is 37.3 Å². The Kier molecular flexibility index (Phi) is 6.72. The van der Waals surface area contributed by atoms with Gasteiger partial charge < -0.3 is 10.5 Å². The van der Waals surface area contributed by atoms with Gasteiger partial charge in [-0.2, -0.15) is 5.10 Å². The maximum absolute atomic E-state index is 12.6. The van der Waals surface area contributed by atoms with Crippen LogP contribution in [0.2, 0.25) is 0 Å². The van der Waals surface area contributed by atoms with Crippen LogP contribution in [0.1, 0.15) is 29.8 Å².